The van der Waals surface area contributed by atoms with Crippen LogP contribution in [0.25, 0.3) is 0 Å². The van der Waals surface area contributed by atoms with Gasteiger partial charge in [0.25, 0.3) is 0 Å². The van der Waals surface area contributed by atoms with Gasteiger partial charge < -0.3 is 16.0 Å². The van der Waals surface area contributed by atoms with E-state index in [2.05, 4.69) is 15.3 Å². The van der Waals surface area contributed by atoms with Crippen molar-refractivity contribution in [2.75, 3.05) is 17.6 Å². The van der Waals surface area contributed by atoms with Gasteiger partial charge in [0.05, 0.1) is 22.7 Å². The first-order valence-electron chi connectivity index (χ1n) is 5.02. The Morgan fingerprint density at radius 3 is 3.06 bits per heavy atom. The number of nitrogens with two attached hydrogens (primary N) is 1. The molecule has 0 radical (unpaired) electrons. The van der Waals surface area contributed by atoms with Crippen LogP contribution in [0.1, 0.15) is 5.69 Å². The predicted octanol–water partition coefficient (Wildman–Crippen LogP) is 2.30. The standard InChI is InChI=1S/C11H13ClN4/c12-9-2-1-3-10(11(9)13)15-5-4-8-6-14-7-16-8/h1-3,6-7,15H,4-5,13H2,(H,14,16). The smallest absolute Gasteiger partial charge is 0.0921 e. The third-order valence-corrected chi connectivity index (χ3v) is 2.65. The fourth-order valence-electron chi connectivity index (χ4n) is 1.44. The summed E-state index contributed by atoms with van der Waals surface area (Å²) in [6.45, 7) is 0.784. The molecule has 0 unspecified atom stereocenters. The minimum atomic E-state index is 0.576. The lowest BCUT2D eigenvalue weighted by Crippen LogP contribution is -2.07. The molecule has 0 atom stereocenters. The Labute approximate surface area is 98.8 Å². The van der Waals surface area contributed by atoms with E-state index in [-0.39, 0.29) is 0 Å². The van der Waals surface area contributed by atoms with Gasteiger partial charge in [0.2, 0.25) is 0 Å². The summed E-state index contributed by atoms with van der Waals surface area (Å²) in [5, 5.41) is 3.81. The topological polar surface area (TPSA) is 66.7 Å². The maximum Gasteiger partial charge on any atom is 0.0921 e. The van der Waals surface area contributed by atoms with Crippen molar-refractivity contribution in [2.45, 2.75) is 6.42 Å². The van der Waals surface area contributed by atoms with Crippen LogP contribution >= 0.6 is 11.6 Å². The number of nitrogen functional groups attached to an aromatic ring is 1. The monoisotopic (exact) mass is 236 g/mol. The molecule has 0 bridgehead atoms. The molecule has 0 spiro atoms. The van der Waals surface area contributed by atoms with Crippen LogP contribution in [0.5, 0.6) is 0 Å². The molecule has 4 N–H and O–H groups in total. The van der Waals surface area contributed by atoms with E-state index < -0.39 is 0 Å². The zero-order valence-electron chi connectivity index (χ0n) is 8.70. The van der Waals surface area contributed by atoms with Gasteiger partial charge in [-0.15, -0.1) is 0 Å². The number of nitrogens with zero attached hydrogens (tertiary/aromatic N) is 1. The number of benzene rings is 1. The number of aromatic amines is 1. The summed E-state index contributed by atoms with van der Waals surface area (Å²) < 4.78 is 0. The number of hydrogen-bond acceptors (Lipinski definition) is 3. The second-order valence-corrected chi connectivity index (χ2v) is 3.86. The van der Waals surface area contributed by atoms with Crippen LogP contribution in [0.2, 0.25) is 5.02 Å². The molecule has 0 saturated carbocycles. The van der Waals surface area contributed by atoms with Crippen LogP contribution in [0.4, 0.5) is 11.4 Å². The van der Waals surface area contributed by atoms with Crippen molar-refractivity contribution in [1.29, 1.82) is 0 Å². The fourth-order valence-corrected chi connectivity index (χ4v) is 1.62. The van der Waals surface area contributed by atoms with Crippen LogP contribution in [-0.4, -0.2) is 16.5 Å². The van der Waals surface area contributed by atoms with E-state index in [1.807, 2.05) is 18.3 Å². The first kappa shape index (κ1) is 10.8. The van der Waals surface area contributed by atoms with E-state index in [4.69, 9.17) is 17.3 Å². The summed E-state index contributed by atoms with van der Waals surface area (Å²) in [5.74, 6) is 0. The van der Waals surface area contributed by atoms with Crippen molar-refractivity contribution >= 4 is 23.0 Å². The number of rotatable bonds is 4. The second kappa shape index (κ2) is 4.90. The average molecular weight is 237 g/mol. The van der Waals surface area contributed by atoms with Gasteiger partial charge in [-0.3, -0.25) is 0 Å². The van der Waals surface area contributed by atoms with Crippen molar-refractivity contribution in [1.82, 2.24) is 9.97 Å². The van der Waals surface area contributed by atoms with Crippen molar-refractivity contribution in [3.05, 3.63) is 41.4 Å². The zero-order valence-corrected chi connectivity index (χ0v) is 9.46. The Bertz CT molecular complexity index is 453. The third-order valence-electron chi connectivity index (χ3n) is 2.32. The quantitative estimate of drug-likeness (QED) is 0.714. The Kier molecular flexibility index (Phi) is 3.31. The lowest BCUT2D eigenvalue weighted by atomic mass is 10.2. The Morgan fingerprint density at radius 1 is 1.44 bits per heavy atom. The number of nitrogens with one attached hydrogen (secondary N) is 2. The summed E-state index contributed by atoms with van der Waals surface area (Å²) in [5.41, 5.74) is 8.38. The number of H-pyrrole nitrogens is 1. The van der Waals surface area contributed by atoms with Gasteiger partial charge in [0.1, 0.15) is 0 Å². The first-order valence-corrected chi connectivity index (χ1v) is 5.40. The number of imidazole rings is 1. The van der Waals surface area contributed by atoms with Gasteiger partial charge in [-0.2, -0.15) is 0 Å². The lowest BCUT2D eigenvalue weighted by molar-refractivity contribution is 0.977. The van der Waals surface area contributed by atoms with Crippen LogP contribution in [0.3, 0.4) is 0 Å². The van der Waals surface area contributed by atoms with E-state index in [1.54, 1.807) is 12.4 Å². The Hall–Kier alpha value is -1.68. The number of para-hydroxylation sites is 1. The molecule has 0 aliphatic rings. The lowest BCUT2D eigenvalue weighted by Gasteiger charge is -2.09. The van der Waals surface area contributed by atoms with Crippen molar-refractivity contribution in [3.63, 3.8) is 0 Å². The molecule has 0 aliphatic heterocycles. The zero-order chi connectivity index (χ0) is 11.4. The normalized spacial score (nSPS) is 10.3. The molecule has 0 aliphatic carbocycles. The summed E-state index contributed by atoms with van der Waals surface area (Å²) >= 11 is 5.91. The van der Waals surface area contributed by atoms with Gasteiger partial charge in [0, 0.05) is 24.9 Å². The highest BCUT2D eigenvalue weighted by molar-refractivity contribution is 6.33. The summed E-state index contributed by atoms with van der Waals surface area (Å²) in [6.07, 6.45) is 4.35. The molecule has 0 fully saturated rings. The molecule has 1 aromatic heterocycles. The fraction of sp³-hybridized carbons (Fsp3) is 0.182. The molecule has 4 nitrogen and oxygen atoms in total. The predicted molar refractivity (Wildman–Crippen MR) is 66.6 cm³/mol. The molecule has 5 heteroatoms. The molecule has 0 amide bonds. The van der Waals surface area contributed by atoms with Gasteiger partial charge >= 0.3 is 0 Å². The Morgan fingerprint density at radius 2 is 2.31 bits per heavy atom. The molecule has 1 heterocycles. The third kappa shape index (κ3) is 2.46. The molecular formula is C11H13ClN4. The molecule has 1 aromatic carbocycles. The largest absolute Gasteiger partial charge is 0.396 e. The molecule has 2 aromatic rings. The van der Waals surface area contributed by atoms with Crippen LogP contribution in [0, 0.1) is 0 Å². The highest BCUT2D eigenvalue weighted by atomic mass is 35.5. The van der Waals surface area contributed by atoms with Gasteiger partial charge in [-0.25, -0.2) is 4.98 Å². The molecular weight excluding hydrogens is 224 g/mol. The number of anilines is 2. The molecule has 2 rings (SSSR count). The van der Waals surface area contributed by atoms with Gasteiger partial charge in [0.15, 0.2) is 0 Å². The van der Waals surface area contributed by atoms with E-state index in [9.17, 15) is 0 Å². The van der Waals surface area contributed by atoms with Gasteiger partial charge in [-0.05, 0) is 12.1 Å². The minimum Gasteiger partial charge on any atom is -0.396 e. The maximum atomic E-state index is 5.91. The van der Waals surface area contributed by atoms with E-state index in [0.29, 0.717) is 10.7 Å². The van der Waals surface area contributed by atoms with Crippen LogP contribution in [-0.2, 0) is 6.42 Å². The van der Waals surface area contributed by atoms with E-state index in [0.717, 1.165) is 24.3 Å². The average Bonchev–Trinajstić information content (AvgIpc) is 2.77. The van der Waals surface area contributed by atoms with Crippen molar-refractivity contribution in [3.8, 4) is 0 Å². The molecule has 16 heavy (non-hydrogen) atoms. The second-order valence-electron chi connectivity index (χ2n) is 3.45. The van der Waals surface area contributed by atoms with E-state index >= 15 is 0 Å². The molecule has 0 saturated heterocycles. The first-order chi connectivity index (χ1) is 7.77. The Balaban J connectivity index is 1.92. The SMILES string of the molecule is Nc1c(Cl)cccc1NCCc1cnc[nH]1. The summed E-state index contributed by atoms with van der Waals surface area (Å²) in [6, 6.07) is 5.56. The van der Waals surface area contributed by atoms with Crippen LogP contribution in [0.15, 0.2) is 30.7 Å². The van der Waals surface area contributed by atoms with Gasteiger partial charge in [-0.1, -0.05) is 17.7 Å². The highest BCUT2D eigenvalue weighted by Crippen LogP contribution is 2.26. The minimum absolute atomic E-state index is 0.576. The number of aromatic nitrogens is 2. The number of halogens is 1. The van der Waals surface area contributed by atoms with E-state index in [1.165, 1.54) is 0 Å². The molecule has 84 valence electrons. The summed E-state index contributed by atoms with van der Waals surface area (Å²) in [7, 11) is 0. The van der Waals surface area contributed by atoms with Crippen molar-refractivity contribution < 1.29 is 0 Å². The number of hydrogen-bond donors (Lipinski definition) is 3. The van der Waals surface area contributed by atoms with Crippen molar-refractivity contribution in [2.24, 2.45) is 0 Å². The van der Waals surface area contributed by atoms with Crippen LogP contribution < -0.4 is 11.1 Å². The highest BCUT2D eigenvalue weighted by Gasteiger charge is 2.02. The maximum absolute atomic E-state index is 5.91. The summed E-state index contributed by atoms with van der Waals surface area (Å²) in [4.78, 5) is 6.99.